The molecule has 0 amide bonds. The number of aryl methyl sites for hydroxylation is 1. The molecule has 7 nitrogen and oxygen atoms in total. The Bertz CT molecular complexity index is 810. The van der Waals surface area contributed by atoms with E-state index in [9.17, 15) is 8.42 Å². The van der Waals surface area contributed by atoms with Crippen molar-refractivity contribution in [3.05, 3.63) is 24.0 Å². The third-order valence-electron chi connectivity index (χ3n) is 4.37. The molecule has 0 radical (unpaired) electrons. The highest BCUT2D eigenvalue weighted by atomic mass is 32.2. The van der Waals surface area contributed by atoms with Gasteiger partial charge in [-0.05, 0) is 45.0 Å². The zero-order valence-corrected chi connectivity index (χ0v) is 14.8. The predicted octanol–water partition coefficient (Wildman–Crippen LogP) is 2.43. The number of H-pyrrole nitrogens is 1. The van der Waals surface area contributed by atoms with Gasteiger partial charge in [-0.3, -0.25) is 5.10 Å². The Balaban J connectivity index is 2.00. The van der Waals surface area contributed by atoms with Crippen LogP contribution >= 0.6 is 0 Å². The van der Waals surface area contributed by atoms with Crippen molar-refractivity contribution in [2.75, 3.05) is 12.4 Å². The number of aromatic nitrogens is 3. The van der Waals surface area contributed by atoms with Crippen molar-refractivity contribution in [2.24, 2.45) is 0 Å². The average molecular weight is 349 g/mol. The summed E-state index contributed by atoms with van der Waals surface area (Å²) in [5.41, 5.74) is 1.57. The lowest BCUT2D eigenvalue weighted by atomic mass is 9.95. The van der Waals surface area contributed by atoms with Crippen molar-refractivity contribution in [3.63, 3.8) is 0 Å². The molecule has 0 aliphatic heterocycles. The zero-order valence-electron chi connectivity index (χ0n) is 14.0. The molecule has 8 heteroatoms. The minimum Gasteiger partial charge on any atom is -0.382 e. The molecule has 0 bridgehead atoms. The van der Waals surface area contributed by atoms with E-state index in [-0.39, 0.29) is 4.90 Å². The minimum atomic E-state index is -3.52. The van der Waals surface area contributed by atoms with Gasteiger partial charge in [0.15, 0.2) is 5.82 Å². The summed E-state index contributed by atoms with van der Waals surface area (Å²) < 4.78 is 26.6. The Morgan fingerprint density at radius 3 is 2.58 bits per heavy atom. The summed E-state index contributed by atoms with van der Waals surface area (Å²) in [4.78, 5) is 4.57. The summed E-state index contributed by atoms with van der Waals surface area (Å²) in [5, 5.41) is 10.6. The van der Waals surface area contributed by atoms with Crippen molar-refractivity contribution >= 4 is 15.7 Å². The van der Waals surface area contributed by atoms with Gasteiger partial charge in [0.1, 0.15) is 5.82 Å². The van der Waals surface area contributed by atoms with E-state index in [1.807, 2.05) is 6.92 Å². The third kappa shape index (κ3) is 3.59. The highest BCUT2D eigenvalue weighted by molar-refractivity contribution is 7.89. The molecule has 1 fully saturated rings. The largest absolute Gasteiger partial charge is 0.382 e. The number of aromatic amines is 1. The summed E-state index contributed by atoms with van der Waals surface area (Å²) in [5.74, 6) is 1.19. The maximum Gasteiger partial charge on any atom is 0.240 e. The summed E-state index contributed by atoms with van der Waals surface area (Å²) in [7, 11) is -2.11. The SMILES string of the molecule is CNS(=O)(=O)c1ccc(NC2CCCCC2)c(-c2n[nH]c(C)n2)c1. The Morgan fingerprint density at radius 1 is 1.21 bits per heavy atom. The molecule has 1 heterocycles. The Labute approximate surface area is 142 Å². The molecule has 0 unspecified atom stereocenters. The van der Waals surface area contributed by atoms with Gasteiger partial charge in [-0.2, -0.15) is 5.10 Å². The molecule has 1 aromatic carbocycles. The Morgan fingerprint density at radius 2 is 1.96 bits per heavy atom. The number of nitrogens with zero attached hydrogens (tertiary/aromatic N) is 2. The number of nitrogens with one attached hydrogen (secondary N) is 3. The van der Waals surface area contributed by atoms with Crippen LogP contribution in [-0.4, -0.2) is 36.7 Å². The second kappa shape index (κ2) is 6.90. The lowest BCUT2D eigenvalue weighted by molar-refractivity contribution is 0.463. The molecule has 2 aromatic rings. The minimum absolute atomic E-state index is 0.205. The normalized spacial score (nSPS) is 16.2. The van der Waals surface area contributed by atoms with Crippen LogP contribution in [0.5, 0.6) is 0 Å². The molecule has 1 aliphatic carbocycles. The van der Waals surface area contributed by atoms with E-state index in [1.54, 1.807) is 18.2 Å². The van der Waals surface area contributed by atoms with Gasteiger partial charge in [-0.25, -0.2) is 18.1 Å². The van der Waals surface area contributed by atoms with Gasteiger partial charge in [-0.1, -0.05) is 19.3 Å². The highest BCUT2D eigenvalue weighted by Gasteiger charge is 2.20. The molecule has 130 valence electrons. The molecule has 0 saturated heterocycles. The standard InChI is InChI=1S/C16H23N5O2S/c1-11-18-16(21-20-11)14-10-13(24(22,23)17-2)8-9-15(14)19-12-6-4-3-5-7-12/h8-10,12,17,19H,3-7H2,1-2H3,(H,18,20,21). The van der Waals surface area contributed by atoms with E-state index in [4.69, 9.17) is 0 Å². The van der Waals surface area contributed by atoms with E-state index >= 15 is 0 Å². The molecule has 0 spiro atoms. The van der Waals surface area contributed by atoms with Crippen LogP contribution in [0.2, 0.25) is 0 Å². The van der Waals surface area contributed by atoms with Gasteiger partial charge < -0.3 is 5.32 Å². The zero-order chi connectivity index (χ0) is 17.2. The van der Waals surface area contributed by atoms with Crippen molar-refractivity contribution in [3.8, 4) is 11.4 Å². The van der Waals surface area contributed by atoms with E-state index < -0.39 is 10.0 Å². The van der Waals surface area contributed by atoms with Crippen LogP contribution in [0, 0.1) is 6.92 Å². The maximum absolute atomic E-state index is 12.1. The quantitative estimate of drug-likeness (QED) is 0.770. The molecule has 1 saturated carbocycles. The molecule has 0 atom stereocenters. The van der Waals surface area contributed by atoms with Crippen LogP contribution in [0.15, 0.2) is 23.1 Å². The van der Waals surface area contributed by atoms with E-state index in [0.717, 1.165) is 18.5 Å². The van der Waals surface area contributed by atoms with Crippen LogP contribution in [0.25, 0.3) is 11.4 Å². The molecule has 3 N–H and O–H groups in total. The summed E-state index contributed by atoms with van der Waals surface area (Å²) in [6, 6.07) is 5.45. The van der Waals surface area contributed by atoms with Crippen molar-refractivity contribution < 1.29 is 8.42 Å². The predicted molar refractivity (Wildman–Crippen MR) is 93.3 cm³/mol. The maximum atomic E-state index is 12.1. The van der Waals surface area contributed by atoms with Crippen LogP contribution < -0.4 is 10.0 Å². The molecular weight excluding hydrogens is 326 g/mol. The first kappa shape index (κ1) is 16.9. The number of anilines is 1. The van der Waals surface area contributed by atoms with Crippen LogP contribution in [0.1, 0.15) is 37.9 Å². The van der Waals surface area contributed by atoms with Gasteiger partial charge in [0, 0.05) is 17.3 Å². The topological polar surface area (TPSA) is 99.8 Å². The molecule has 3 rings (SSSR count). The monoisotopic (exact) mass is 349 g/mol. The lowest BCUT2D eigenvalue weighted by Gasteiger charge is -2.25. The van der Waals surface area contributed by atoms with Crippen LogP contribution in [0.3, 0.4) is 0 Å². The van der Waals surface area contributed by atoms with E-state index in [1.165, 1.54) is 26.3 Å². The van der Waals surface area contributed by atoms with Crippen molar-refractivity contribution in [1.29, 1.82) is 0 Å². The molecular formula is C16H23N5O2S. The smallest absolute Gasteiger partial charge is 0.240 e. The molecule has 1 aliphatic rings. The molecule has 24 heavy (non-hydrogen) atoms. The summed E-state index contributed by atoms with van der Waals surface area (Å²) in [6.07, 6.45) is 5.98. The Kier molecular flexibility index (Phi) is 4.86. The number of sulfonamides is 1. The summed E-state index contributed by atoms with van der Waals surface area (Å²) >= 11 is 0. The third-order valence-corrected chi connectivity index (χ3v) is 5.78. The van der Waals surface area contributed by atoms with Crippen LogP contribution in [-0.2, 0) is 10.0 Å². The van der Waals surface area contributed by atoms with Gasteiger partial charge >= 0.3 is 0 Å². The summed E-state index contributed by atoms with van der Waals surface area (Å²) in [6.45, 7) is 1.82. The van der Waals surface area contributed by atoms with Gasteiger partial charge in [0.2, 0.25) is 10.0 Å². The second-order valence-electron chi connectivity index (χ2n) is 6.14. The fourth-order valence-electron chi connectivity index (χ4n) is 3.05. The highest BCUT2D eigenvalue weighted by Crippen LogP contribution is 2.31. The molecule has 1 aromatic heterocycles. The van der Waals surface area contributed by atoms with Gasteiger partial charge in [-0.15, -0.1) is 0 Å². The first-order valence-electron chi connectivity index (χ1n) is 8.23. The van der Waals surface area contributed by atoms with E-state index in [0.29, 0.717) is 23.3 Å². The van der Waals surface area contributed by atoms with Crippen molar-refractivity contribution in [2.45, 2.75) is 50.0 Å². The van der Waals surface area contributed by atoms with E-state index in [2.05, 4.69) is 25.2 Å². The van der Waals surface area contributed by atoms with Crippen LogP contribution in [0.4, 0.5) is 5.69 Å². The van der Waals surface area contributed by atoms with Crippen molar-refractivity contribution in [1.82, 2.24) is 19.9 Å². The lowest BCUT2D eigenvalue weighted by Crippen LogP contribution is -2.23. The fourth-order valence-corrected chi connectivity index (χ4v) is 3.81. The fraction of sp³-hybridized carbons (Fsp3) is 0.500. The number of benzene rings is 1. The Hall–Kier alpha value is -1.93. The second-order valence-corrected chi connectivity index (χ2v) is 8.03. The average Bonchev–Trinajstić information content (AvgIpc) is 3.02. The van der Waals surface area contributed by atoms with Gasteiger partial charge in [0.05, 0.1) is 4.90 Å². The number of hydrogen-bond acceptors (Lipinski definition) is 5. The number of hydrogen-bond donors (Lipinski definition) is 3. The number of rotatable bonds is 5. The first-order chi connectivity index (χ1) is 11.5. The first-order valence-corrected chi connectivity index (χ1v) is 9.71. The van der Waals surface area contributed by atoms with Gasteiger partial charge in [0.25, 0.3) is 0 Å².